The summed E-state index contributed by atoms with van der Waals surface area (Å²) in [6.07, 6.45) is 1.31. The summed E-state index contributed by atoms with van der Waals surface area (Å²) in [7, 11) is -3.48. The summed E-state index contributed by atoms with van der Waals surface area (Å²) >= 11 is 1.27. The molecule has 0 saturated carbocycles. The van der Waals surface area contributed by atoms with Crippen LogP contribution in [-0.2, 0) is 16.6 Å². The van der Waals surface area contributed by atoms with E-state index >= 15 is 0 Å². The Bertz CT molecular complexity index is 656. The summed E-state index contributed by atoms with van der Waals surface area (Å²) in [5, 5.41) is 0. The number of nitrogens with zero attached hydrogens (tertiary/aromatic N) is 1. The lowest BCUT2D eigenvalue weighted by atomic mass is 10.4. The van der Waals surface area contributed by atoms with Gasteiger partial charge in [-0.1, -0.05) is 0 Å². The number of thiophene rings is 1. The highest BCUT2D eigenvalue weighted by Crippen LogP contribution is 2.25. The fraction of sp³-hybridized carbons (Fsp3) is 0.364. The van der Waals surface area contributed by atoms with Crippen molar-refractivity contribution in [2.45, 2.75) is 31.5 Å². The van der Waals surface area contributed by atoms with Gasteiger partial charge >= 0.3 is 0 Å². The molecule has 0 aliphatic heterocycles. The maximum Gasteiger partial charge on any atom is 0.250 e. The molecule has 0 amide bonds. The van der Waals surface area contributed by atoms with Crippen molar-refractivity contribution in [2.24, 2.45) is 0 Å². The summed E-state index contributed by atoms with van der Waals surface area (Å²) in [6.45, 7) is 5.56. The predicted octanol–water partition coefficient (Wildman–Crippen LogP) is 2.14. The lowest BCUT2D eigenvalue weighted by Crippen LogP contribution is -2.23. The minimum absolute atomic E-state index is 0.116. The van der Waals surface area contributed by atoms with Gasteiger partial charge in [0.2, 0.25) is 0 Å². The molecule has 2 heterocycles. The van der Waals surface area contributed by atoms with Gasteiger partial charge in [0.15, 0.2) is 6.39 Å². The van der Waals surface area contributed by atoms with E-state index in [1.165, 1.54) is 17.7 Å². The molecule has 0 atom stereocenters. The van der Waals surface area contributed by atoms with Crippen molar-refractivity contribution in [2.75, 3.05) is 0 Å². The predicted molar refractivity (Wildman–Crippen MR) is 69.1 cm³/mol. The first kappa shape index (κ1) is 13.3. The van der Waals surface area contributed by atoms with E-state index in [4.69, 9.17) is 4.42 Å². The standard InChI is InChI=1S/C11H14N2O3S2/c1-7-4-8(2)17-11(7)18(14,15)13-5-10-9(3)12-6-16-10/h4,6,13H,5H2,1-3H3. The molecular weight excluding hydrogens is 272 g/mol. The van der Waals surface area contributed by atoms with Crippen molar-refractivity contribution in [3.05, 3.63) is 34.4 Å². The molecule has 0 unspecified atom stereocenters. The Morgan fingerprint density at radius 3 is 2.61 bits per heavy atom. The molecule has 0 aliphatic rings. The average Bonchev–Trinajstić information content (AvgIpc) is 2.82. The second-order valence-electron chi connectivity index (χ2n) is 4.01. The van der Waals surface area contributed by atoms with E-state index in [1.807, 2.05) is 13.0 Å². The average molecular weight is 286 g/mol. The third kappa shape index (κ3) is 2.63. The van der Waals surface area contributed by atoms with Crippen LogP contribution in [0.5, 0.6) is 0 Å². The first-order chi connectivity index (χ1) is 8.40. The minimum atomic E-state index is -3.48. The van der Waals surface area contributed by atoms with Crippen molar-refractivity contribution < 1.29 is 12.8 Å². The second kappa shape index (κ2) is 4.83. The molecular formula is C11H14N2O3S2. The number of aromatic nitrogens is 1. The van der Waals surface area contributed by atoms with Gasteiger partial charge in [0, 0.05) is 4.88 Å². The number of hydrogen-bond donors (Lipinski definition) is 1. The van der Waals surface area contributed by atoms with E-state index in [0.29, 0.717) is 15.7 Å². The summed E-state index contributed by atoms with van der Waals surface area (Å²) < 4.78 is 32.2. The first-order valence-corrected chi connectivity index (χ1v) is 7.66. The smallest absolute Gasteiger partial charge is 0.250 e. The van der Waals surface area contributed by atoms with E-state index in [2.05, 4.69) is 9.71 Å². The lowest BCUT2D eigenvalue weighted by Gasteiger charge is -2.04. The van der Waals surface area contributed by atoms with E-state index in [9.17, 15) is 8.42 Å². The topological polar surface area (TPSA) is 72.2 Å². The van der Waals surface area contributed by atoms with Crippen LogP contribution in [0.15, 0.2) is 21.1 Å². The van der Waals surface area contributed by atoms with Gasteiger partial charge < -0.3 is 4.42 Å². The Labute approximate surface area is 110 Å². The number of sulfonamides is 1. The molecule has 7 heteroatoms. The van der Waals surface area contributed by atoms with E-state index < -0.39 is 10.0 Å². The zero-order valence-corrected chi connectivity index (χ0v) is 12.0. The third-order valence-corrected chi connectivity index (χ3v) is 5.70. The van der Waals surface area contributed by atoms with E-state index in [1.54, 1.807) is 13.8 Å². The van der Waals surface area contributed by atoms with Crippen LogP contribution in [0, 0.1) is 20.8 Å². The van der Waals surface area contributed by atoms with E-state index in [-0.39, 0.29) is 6.54 Å². The Morgan fingerprint density at radius 2 is 2.11 bits per heavy atom. The van der Waals surface area contributed by atoms with Gasteiger partial charge in [-0.25, -0.2) is 18.1 Å². The van der Waals surface area contributed by atoms with Gasteiger partial charge in [-0.3, -0.25) is 0 Å². The SMILES string of the molecule is Cc1cc(C)c(S(=O)(=O)NCc2ocnc2C)s1. The molecule has 0 spiro atoms. The molecule has 5 nitrogen and oxygen atoms in total. The van der Waals surface area contributed by atoms with E-state index in [0.717, 1.165) is 10.4 Å². The minimum Gasteiger partial charge on any atom is -0.447 e. The highest BCUT2D eigenvalue weighted by molar-refractivity contribution is 7.91. The number of rotatable bonds is 4. The van der Waals surface area contributed by atoms with Crippen LogP contribution >= 0.6 is 11.3 Å². The molecule has 1 N–H and O–H groups in total. The number of nitrogens with one attached hydrogen (secondary N) is 1. The summed E-state index contributed by atoms with van der Waals surface area (Å²) in [6, 6.07) is 1.86. The maximum absolute atomic E-state index is 12.1. The van der Waals surface area contributed by atoms with Crippen molar-refractivity contribution in [1.29, 1.82) is 0 Å². The van der Waals surface area contributed by atoms with Crippen LogP contribution in [0.25, 0.3) is 0 Å². The molecule has 18 heavy (non-hydrogen) atoms. The van der Waals surface area contributed by atoms with Crippen molar-refractivity contribution in [3.63, 3.8) is 0 Å². The van der Waals surface area contributed by atoms with Crippen molar-refractivity contribution >= 4 is 21.4 Å². The van der Waals surface area contributed by atoms with Crippen LogP contribution in [0.4, 0.5) is 0 Å². The summed E-state index contributed by atoms with van der Waals surface area (Å²) in [5.41, 5.74) is 1.45. The van der Waals surface area contributed by atoms with Gasteiger partial charge in [-0.2, -0.15) is 0 Å². The highest BCUT2D eigenvalue weighted by Gasteiger charge is 2.20. The van der Waals surface area contributed by atoms with Gasteiger partial charge in [0.1, 0.15) is 9.97 Å². The van der Waals surface area contributed by atoms with Crippen molar-refractivity contribution in [3.8, 4) is 0 Å². The highest BCUT2D eigenvalue weighted by atomic mass is 32.2. The normalized spacial score (nSPS) is 11.9. The lowest BCUT2D eigenvalue weighted by molar-refractivity contribution is 0.492. The van der Waals surface area contributed by atoms with Crippen LogP contribution in [-0.4, -0.2) is 13.4 Å². The fourth-order valence-corrected chi connectivity index (χ4v) is 4.30. The largest absolute Gasteiger partial charge is 0.447 e. The van der Waals surface area contributed by atoms with Crippen LogP contribution < -0.4 is 4.72 Å². The van der Waals surface area contributed by atoms with Gasteiger partial charge in [-0.15, -0.1) is 11.3 Å². The molecule has 2 aromatic heterocycles. The second-order valence-corrected chi connectivity index (χ2v) is 7.23. The molecule has 2 aromatic rings. The van der Waals surface area contributed by atoms with Gasteiger partial charge in [-0.05, 0) is 32.4 Å². The first-order valence-electron chi connectivity index (χ1n) is 5.36. The molecule has 0 bridgehead atoms. The zero-order valence-electron chi connectivity index (χ0n) is 10.4. The molecule has 98 valence electrons. The Balaban J connectivity index is 2.18. The molecule has 0 radical (unpaired) electrons. The number of oxazole rings is 1. The summed E-state index contributed by atoms with van der Waals surface area (Å²) in [5.74, 6) is 0.532. The Hall–Kier alpha value is -1.18. The Morgan fingerprint density at radius 1 is 1.39 bits per heavy atom. The summed E-state index contributed by atoms with van der Waals surface area (Å²) in [4.78, 5) is 4.89. The van der Waals surface area contributed by atoms with Crippen LogP contribution in [0.3, 0.4) is 0 Å². The van der Waals surface area contributed by atoms with Crippen LogP contribution in [0.1, 0.15) is 21.9 Å². The monoisotopic (exact) mass is 286 g/mol. The molecule has 0 saturated heterocycles. The number of hydrogen-bond acceptors (Lipinski definition) is 5. The Kier molecular flexibility index (Phi) is 3.56. The quantitative estimate of drug-likeness (QED) is 0.934. The number of aryl methyl sites for hydroxylation is 3. The molecule has 2 rings (SSSR count). The van der Waals surface area contributed by atoms with Crippen LogP contribution in [0.2, 0.25) is 0 Å². The maximum atomic E-state index is 12.1. The fourth-order valence-electron chi connectivity index (χ4n) is 1.61. The van der Waals surface area contributed by atoms with Crippen molar-refractivity contribution in [1.82, 2.24) is 9.71 Å². The van der Waals surface area contributed by atoms with Gasteiger partial charge in [0.05, 0.1) is 12.2 Å². The molecule has 0 fully saturated rings. The third-order valence-electron chi connectivity index (χ3n) is 2.51. The zero-order chi connectivity index (χ0) is 13.3. The molecule has 0 aromatic carbocycles. The molecule has 0 aliphatic carbocycles. The van der Waals surface area contributed by atoms with Gasteiger partial charge in [0.25, 0.3) is 10.0 Å².